The standard InChI is InChI=1S/C18H30N4O2S/c1-3-4-10-22-14-18(8-6-17(22)23)7-5-9-21(13-18)11-16-19-15(12-25-2)20-24-16/h3-14H2,1-2H3. The predicted octanol–water partition coefficient (Wildman–Crippen LogP) is 2.94. The van der Waals surface area contributed by atoms with Crippen LogP contribution in [0.25, 0.3) is 0 Å². The third-order valence-corrected chi connectivity index (χ3v) is 5.96. The van der Waals surface area contributed by atoms with Crippen molar-refractivity contribution in [3.05, 3.63) is 11.7 Å². The highest BCUT2D eigenvalue weighted by atomic mass is 32.2. The van der Waals surface area contributed by atoms with Gasteiger partial charge in [-0.1, -0.05) is 18.5 Å². The minimum atomic E-state index is 0.252. The Morgan fingerprint density at radius 1 is 1.32 bits per heavy atom. The lowest BCUT2D eigenvalue weighted by atomic mass is 9.73. The van der Waals surface area contributed by atoms with Crippen LogP contribution in [0.4, 0.5) is 0 Å². The maximum Gasteiger partial charge on any atom is 0.240 e. The number of thioether (sulfide) groups is 1. The second kappa shape index (κ2) is 8.54. The number of amides is 1. The summed E-state index contributed by atoms with van der Waals surface area (Å²) in [4.78, 5) is 21.3. The van der Waals surface area contributed by atoms with Gasteiger partial charge in [-0.25, -0.2) is 0 Å². The molecule has 0 N–H and O–H groups in total. The second-order valence-electron chi connectivity index (χ2n) is 7.52. The van der Waals surface area contributed by atoms with E-state index >= 15 is 0 Å². The average Bonchev–Trinajstić information content (AvgIpc) is 3.04. The molecule has 0 bridgehead atoms. The molecule has 2 fully saturated rings. The van der Waals surface area contributed by atoms with Crippen molar-refractivity contribution in [1.82, 2.24) is 19.9 Å². The van der Waals surface area contributed by atoms with E-state index in [0.717, 1.165) is 69.5 Å². The number of hydrogen-bond donors (Lipinski definition) is 0. The van der Waals surface area contributed by atoms with E-state index in [2.05, 4.69) is 26.9 Å². The minimum Gasteiger partial charge on any atom is -0.342 e. The summed E-state index contributed by atoms with van der Waals surface area (Å²) >= 11 is 1.70. The van der Waals surface area contributed by atoms with Gasteiger partial charge in [-0.2, -0.15) is 16.7 Å². The fraction of sp³-hybridized carbons (Fsp3) is 0.833. The highest BCUT2D eigenvalue weighted by Gasteiger charge is 2.41. The third kappa shape index (κ3) is 4.76. The number of rotatable bonds is 7. The van der Waals surface area contributed by atoms with Crippen molar-refractivity contribution in [2.75, 3.05) is 32.4 Å². The van der Waals surface area contributed by atoms with Gasteiger partial charge in [0.15, 0.2) is 5.82 Å². The maximum absolute atomic E-state index is 12.2. The van der Waals surface area contributed by atoms with Crippen molar-refractivity contribution in [3.8, 4) is 0 Å². The van der Waals surface area contributed by atoms with E-state index in [9.17, 15) is 4.79 Å². The summed E-state index contributed by atoms with van der Waals surface area (Å²) in [5.74, 6) is 2.64. The van der Waals surface area contributed by atoms with E-state index in [0.29, 0.717) is 12.3 Å². The Kier molecular flexibility index (Phi) is 6.39. The van der Waals surface area contributed by atoms with Crippen molar-refractivity contribution in [3.63, 3.8) is 0 Å². The quantitative estimate of drug-likeness (QED) is 0.739. The van der Waals surface area contributed by atoms with Crippen LogP contribution in [0, 0.1) is 5.41 Å². The van der Waals surface area contributed by atoms with Crippen molar-refractivity contribution in [2.24, 2.45) is 5.41 Å². The zero-order valence-corrected chi connectivity index (χ0v) is 16.3. The average molecular weight is 367 g/mol. The number of likely N-dealkylation sites (tertiary alicyclic amines) is 2. The Bertz CT molecular complexity index is 579. The molecule has 2 saturated heterocycles. The molecule has 1 aromatic rings. The molecule has 1 aromatic heterocycles. The van der Waals surface area contributed by atoms with Crippen LogP contribution < -0.4 is 0 Å². The normalized spacial score (nSPS) is 25.0. The maximum atomic E-state index is 12.2. The van der Waals surface area contributed by atoms with Crippen LogP contribution in [-0.2, 0) is 17.1 Å². The molecule has 0 radical (unpaired) electrons. The van der Waals surface area contributed by atoms with Gasteiger partial charge in [0, 0.05) is 31.5 Å². The van der Waals surface area contributed by atoms with Gasteiger partial charge >= 0.3 is 0 Å². The number of piperidine rings is 2. The van der Waals surface area contributed by atoms with E-state index in [1.54, 1.807) is 11.8 Å². The molecule has 1 spiro atoms. The Morgan fingerprint density at radius 3 is 3.00 bits per heavy atom. The molecule has 140 valence electrons. The van der Waals surface area contributed by atoms with Crippen molar-refractivity contribution < 1.29 is 9.32 Å². The molecule has 0 aliphatic carbocycles. The number of unbranched alkanes of at least 4 members (excludes halogenated alkanes) is 1. The first-order valence-corrected chi connectivity index (χ1v) is 10.8. The van der Waals surface area contributed by atoms with Gasteiger partial charge in [-0.05, 0) is 38.5 Å². The predicted molar refractivity (Wildman–Crippen MR) is 99.2 cm³/mol. The number of aromatic nitrogens is 2. The summed E-state index contributed by atoms with van der Waals surface area (Å²) in [7, 11) is 0. The first-order valence-electron chi connectivity index (χ1n) is 9.45. The highest BCUT2D eigenvalue weighted by molar-refractivity contribution is 7.97. The van der Waals surface area contributed by atoms with Crippen molar-refractivity contribution in [2.45, 2.75) is 57.7 Å². The molecular weight excluding hydrogens is 336 g/mol. The van der Waals surface area contributed by atoms with Crippen molar-refractivity contribution in [1.29, 1.82) is 0 Å². The van der Waals surface area contributed by atoms with E-state index in [4.69, 9.17) is 4.52 Å². The van der Waals surface area contributed by atoms with Gasteiger partial charge in [-0.3, -0.25) is 9.69 Å². The first kappa shape index (κ1) is 18.7. The molecule has 2 aliphatic heterocycles. The molecule has 7 heteroatoms. The van der Waals surface area contributed by atoms with Gasteiger partial charge in [-0.15, -0.1) is 0 Å². The Balaban J connectivity index is 1.60. The van der Waals surface area contributed by atoms with Gasteiger partial charge in [0.25, 0.3) is 0 Å². The number of hydrogen-bond acceptors (Lipinski definition) is 6. The molecule has 6 nitrogen and oxygen atoms in total. The lowest BCUT2D eigenvalue weighted by Crippen LogP contribution is -2.53. The van der Waals surface area contributed by atoms with Crippen LogP contribution in [0.2, 0.25) is 0 Å². The summed E-state index contributed by atoms with van der Waals surface area (Å²) in [5, 5.41) is 4.04. The molecule has 1 amide bonds. The zero-order valence-electron chi connectivity index (χ0n) is 15.5. The smallest absolute Gasteiger partial charge is 0.240 e. The van der Waals surface area contributed by atoms with Crippen LogP contribution in [-0.4, -0.2) is 58.3 Å². The van der Waals surface area contributed by atoms with E-state index in [-0.39, 0.29) is 5.41 Å². The molecule has 1 atom stereocenters. The monoisotopic (exact) mass is 366 g/mol. The Hall–Kier alpha value is -1.08. The largest absolute Gasteiger partial charge is 0.342 e. The molecule has 3 heterocycles. The highest BCUT2D eigenvalue weighted by Crippen LogP contribution is 2.39. The van der Waals surface area contributed by atoms with Crippen LogP contribution in [0.3, 0.4) is 0 Å². The summed E-state index contributed by atoms with van der Waals surface area (Å²) in [5.41, 5.74) is 0.252. The van der Waals surface area contributed by atoms with Crippen LogP contribution in [0.15, 0.2) is 4.52 Å². The topological polar surface area (TPSA) is 62.5 Å². The summed E-state index contributed by atoms with van der Waals surface area (Å²) in [6.07, 6.45) is 8.41. The summed E-state index contributed by atoms with van der Waals surface area (Å²) in [6, 6.07) is 0. The van der Waals surface area contributed by atoms with Crippen molar-refractivity contribution >= 4 is 17.7 Å². The number of carbonyl (C=O) groups is 1. The van der Waals surface area contributed by atoms with Gasteiger partial charge < -0.3 is 9.42 Å². The van der Waals surface area contributed by atoms with Gasteiger partial charge in [0.1, 0.15) is 0 Å². The van der Waals surface area contributed by atoms with Gasteiger partial charge in [0.2, 0.25) is 11.8 Å². The number of nitrogens with zero attached hydrogens (tertiary/aromatic N) is 4. The molecular formula is C18H30N4O2S. The third-order valence-electron chi connectivity index (χ3n) is 5.41. The van der Waals surface area contributed by atoms with E-state index < -0.39 is 0 Å². The zero-order chi connectivity index (χ0) is 17.7. The molecule has 1 unspecified atom stereocenters. The fourth-order valence-corrected chi connectivity index (χ4v) is 4.54. The molecule has 0 saturated carbocycles. The summed E-state index contributed by atoms with van der Waals surface area (Å²) < 4.78 is 5.41. The molecule has 0 aromatic carbocycles. The van der Waals surface area contributed by atoms with Crippen LogP contribution in [0.5, 0.6) is 0 Å². The lowest BCUT2D eigenvalue weighted by Gasteiger charge is -2.48. The first-order chi connectivity index (χ1) is 12.1. The molecule has 25 heavy (non-hydrogen) atoms. The van der Waals surface area contributed by atoms with Crippen LogP contribution in [0.1, 0.15) is 57.2 Å². The molecule has 3 rings (SSSR count). The minimum absolute atomic E-state index is 0.252. The van der Waals surface area contributed by atoms with E-state index in [1.807, 2.05) is 6.26 Å². The second-order valence-corrected chi connectivity index (χ2v) is 8.39. The van der Waals surface area contributed by atoms with E-state index in [1.165, 1.54) is 12.8 Å². The Labute approximate surface area is 154 Å². The van der Waals surface area contributed by atoms with Gasteiger partial charge in [0.05, 0.1) is 12.3 Å². The fourth-order valence-electron chi connectivity index (χ4n) is 4.17. The Morgan fingerprint density at radius 2 is 2.20 bits per heavy atom. The number of carbonyl (C=O) groups excluding carboxylic acids is 1. The SMILES string of the molecule is CCCCN1CC2(CCCN(Cc3nc(CSC)no3)C2)CCC1=O. The summed E-state index contributed by atoms with van der Waals surface area (Å²) in [6.45, 7) is 6.85. The van der Waals surface area contributed by atoms with Crippen LogP contribution >= 0.6 is 11.8 Å². The lowest BCUT2D eigenvalue weighted by molar-refractivity contribution is -0.139. The molecule has 2 aliphatic rings.